The van der Waals surface area contributed by atoms with Crippen molar-refractivity contribution in [1.29, 1.82) is 0 Å². The molecule has 6 heteroatoms. The highest BCUT2D eigenvalue weighted by molar-refractivity contribution is 9.10. The minimum Gasteiger partial charge on any atom is -0.497 e. The van der Waals surface area contributed by atoms with E-state index in [1.165, 1.54) is 0 Å². The van der Waals surface area contributed by atoms with Crippen LogP contribution in [0.2, 0.25) is 0 Å². The number of benzene rings is 2. The number of urea groups is 1. The number of methoxy groups -OCH3 is 1. The monoisotopic (exact) mass is 388 g/mol. The molecule has 124 valence electrons. The van der Waals surface area contributed by atoms with Crippen LogP contribution in [0.25, 0.3) is 0 Å². The summed E-state index contributed by atoms with van der Waals surface area (Å²) >= 11 is 3.37. The first-order chi connectivity index (χ1) is 11.7. The second-order valence-electron chi connectivity index (χ2n) is 4.64. The van der Waals surface area contributed by atoms with Gasteiger partial charge in [-0.2, -0.15) is 0 Å². The van der Waals surface area contributed by atoms with Gasteiger partial charge < -0.3 is 20.1 Å². The standard InChI is InChI=1S/C18H17BrN2O3/c1-23-16-8-5-7-15(13-16)21-18(22)20-10-2-3-11-24-17-9-4-6-14(19)12-17/h4-9,12-13H,10-11H2,1H3,(H2,20,21,22). The number of carbonyl (C=O) groups excluding carboxylic acids is 1. The second-order valence-corrected chi connectivity index (χ2v) is 5.55. The zero-order valence-electron chi connectivity index (χ0n) is 13.1. The van der Waals surface area contributed by atoms with Gasteiger partial charge in [-0.3, -0.25) is 0 Å². The summed E-state index contributed by atoms with van der Waals surface area (Å²) in [6, 6.07) is 14.3. The molecule has 0 aromatic heterocycles. The van der Waals surface area contributed by atoms with Crippen LogP contribution in [0, 0.1) is 11.8 Å². The van der Waals surface area contributed by atoms with Crippen molar-refractivity contribution in [2.24, 2.45) is 0 Å². The average Bonchev–Trinajstić information content (AvgIpc) is 2.58. The molecule has 2 N–H and O–H groups in total. The fourth-order valence-electron chi connectivity index (χ4n) is 1.79. The van der Waals surface area contributed by atoms with E-state index in [4.69, 9.17) is 9.47 Å². The van der Waals surface area contributed by atoms with Gasteiger partial charge in [-0.05, 0) is 30.3 Å². The molecule has 0 saturated heterocycles. The van der Waals surface area contributed by atoms with E-state index >= 15 is 0 Å². The summed E-state index contributed by atoms with van der Waals surface area (Å²) in [5.74, 6) is 7.08. The van der Waals surface area contributed by atoms with E-state index in [9.17, 15) is 4.79 Å². The van der Waals surface area contributed by atoms with Crippen LogP contribution in [0.3, 0.4) is 0 Å². The summed E-state index contributed by atoms with van der Waals surface area (Å²) < 4.78 is 11.5. The van der Waals surface area contributed by atoms with Crippen molar-refractivity contribution in [1.82, 2.24) is 5.32 Å². The van der Waals surface area contributed by atoms with Crippen molar-refractivity contribution in [2.45, 2.75) is 0 Å². The quantitative estimate of drug-likeness (QED) is 0.768. The molecule has 0 atom stereocenters. The lowest BCUT2D eigenvalue weighted by Crippen LogP contribution is -2.28. The number of amides is 2. The lowest BCUT2D eigenvalue weighted by Gasteiger charge is -2.06. The number of ether oxygens (including phenoxy) is 2. The first-order valence-electron chi connectivity index (χ1n) is 7.20. The number of anilines is 1. The van der Waals surface area contributed by atoms with E-state index in [0.29, 0.717) is 11.4 Å². The molecule has 0 radical (unpaired) electrons. The van der Waals surface area contributed by atoms with Gasteiger partial charge in [-0.15, -0.1) is 0 Å². The lowest BCUT2D eigenvalue weighted by atomic mass is 10.3. The first-order valence-corrected chi connectivity index (χ1v) is 7.99. The zero-order valence-corrected chi connectivity index (χ0v) is 14.7. The molecule has 0 fully saturated rings. The van der Waals surface area contributed by atoms with Crippen LogP contribution in [0.15, 0.2) is 53.0 Å². The Morgan fingerprint density at radius 1 is 1.12 bits per heavy atom. The average molecular weight is 389 g/mol. The molecule has 0 aliphatic heterocycles. The molecule has 0 aliphatic rings. The maximum absolute atomic E-state index is 11.7. The first kappa shape index (κ1) is 17.7. The molecule has 0 aliphatic carbocycles. The maximum atomic E-state index is 11.7. The number of nitrogens with one attached hydrogen (secondary N) is 2. The van der Waals surface area contributed by atoms with Gasteiger partial charge in [-0.25, -0.2) is 4.79 Å². The summed E-state index contributed by atoms with van der Waals surface area (Å²) in [6.07, 6.45) is 0. The van der Waals surface area contributed by atoms with Crippen LogP contribution < -0.4 is 20.1 Å². The van der Waals surface area contributed by atoms with Crippen LogP contribution in [-0.4, -0.2) is 26.3 Å². The molecule has 24 heavy (non-hydrogen) atoms. The SMILES string of the molecule is COc1cccc(NC(=O)NCC#CCOc2cccc(Br)c2)c1. The van der Waals surface area contributed by atoms with E-state index in [1.807, 2.05) is 24.3 Å². The Labute approximate surface area is 149 Å². The van der Waals surface area contributed by atoms with Gasteiger partial charge in [0.25, 0.3) is 0 Å². The molecule has 0 unspecified atom stereocenters. The molecule has 2 amide bonds. The Kier molecular flexibility index (Phi) is 6.99. The minimum atomic E-state index is -0.328. The topological polar surface area (TPSA) is 59.6 Å². The maximum Gasteiger partial charge on any atom is 0.319 e. The molecule has 0 bridgehead atoms. The fourth-order valence-corrected chi connectivity index (χ4v) is 2.17. The van der Waals surface area contributed by atoms with Gasteiger partial charge in [0, 0.05) is 16.2 Å². The smallest absolute Gasteiger partial charge is 0.319 e. The number of halogens is 1. The Bertz CT molecular complexity index is 753. The van der Waals surface area contributed by atoms with Crippen molar-refractivity contribution in [3.05, 3.63) is 53.0 Å². The minimum absolute atomic E-state index is 0.234. The molecule has 0 spiro atoms. The third kappa shape index (κ3) is 6.23. The van der Waals surface area contributed by atoms with Crippen molar-refractivity contribution >= 4 is 27.6 Å². The van der Waals surface area contributed by atoms with Crippen molar-refractivity contribution in [2.75, 3.05) is 25.6 Å². The Morgan fingerprint density at radius 2 is 1.92 bits per heavy atom. The summed E-state index contributed by atoms with van der Waals surface area (Å²) in [4.78, 5) is 11.7. The van der Waals surface area contributed by atoms with Gasteiger partial charge in [0.05, 0.1) is 13.7 Å². The van der Waals surface area contributed by atoms with Crippen LogP contribution in [0.5, 0.6) is 11.5 Å². The Hall–Kier alpha value is -2.65. The van der Waals surface area contributed by atoms with E-state index in [1.54, 1.807) is 31.4 Å². The summed E-state index contributed by atoms with van der Waals surface area (Å²) in [5, 5.41) is 5.35. The fraction of sp³-hybridized carbons (Fsp3) is 0.167. The molecular formula is C18H17BrN2O3. The Morgan fingerprint density at radius 3 is 2.71 bits per heavy atom. The largest absolute Gasteiger partial charge is 0.497 e. The summed E-state index contributed by atoms with van der Waals surface area (Å²) in [7, 11) is 1.57. The number of hydrogen-bond donors (Lipinski definition) is 2. The highest BCUT2D eigenvalue weighted by Gasteiger charge is 2.00. The molecule has 0 saturated carbocycles. The van der Waals surface area contributed by atoms with Crippen molar-refractivity contribution in [3.63, 3.8) is 0 Å². The number of carbonyl (C=O) groups is 1. The molecule has 2 rings (SSSR count). The van der Waals surface area contributed by atoms with Gasteiger partial charge in [0.15, 0.2) is 0 Å². The highest BCUT2D eigenvalue weighted by Crippen LogP contribution is 2.17. The van der Waals surface area contributed by atoms with E-state index in [2.05, 4.69) is 38.4 Å². The molecule has 5 nitrogen and oxygen atoms in total. The van der Waals surface area contributed by atoms with E-state index in [0.717, 1.165) is 10.2 Å². The van der Waals surface area contributed by atoms with Crippen LogP contribution in [-0.2, 0) is 0 Å². The molecule has 0 heterocycles. The van der Waals surface area contributed by atoms with Gasteiger partial charge in [-0.1, -0.05) is 39.9 Å². The predicted molar refractivity (Wildman–Crippen MR) is 97.4 cm³/mol. The zero-order chi connectivity index (χ0) is 17.2. The van der Waals surface area contributed by atoms with E-state index < -0.39 is 0 Å². The summed E-state index contributed by atoms with van der Waals surface area (Å²) in [5.41, 5.74) is 0.651. The third-order valence-corrected chi connectivity index (χ3v) is 3.39. The van der Waals surface area contributed by atoms with Crippen LogP contribution >= 0.6 is 15.9 Å². The second kappa shape index (κ2) is 9.48. The third-order valence-electron chi connectivity index (χ3n) is 2.90. The van der Waals surface area contributed by atoms with Gasteiger partial charge >= 0.3 is 6.03 Å². The van der Waals surface area contributed by atoms with Crippen molar-refractivity contribution in [3.8, 4) is 23.3 Å². The number of hydrogen-bond acceptors (Lipinski definition) is 3. The van der Waals surface area contributed by atoms with Crippen molar-refractivity contribution < 1.29 is 14.3 Å². The molecular weight excluding hydrogens is 372 g/mol. The van der Waals surface area contributed by atoms with E-state index in [-0.39, 0.29) is 19.2 Å². The lowest BCUT2D eigenvalue weighted by molar-refractivity contribution is 0.253. The molecule has 2 aromatic carbocycles. The highest BCUT2D eigenvalue weighted by atomic mass is 79.9. The normalized spacial score (nSPS) is 9.42. The van der Waals surface area contributed by atoms with Gasteiger partial charge in [0.2, 0.25) is 0 Å². The number of rotatable bonds is 5. The predicted octanol–water partition coefficient (Wildman–Crippen LogP) is 3.66. The van der Waals surface area contributed by atoms with Gasteiger partial charge in [0.1, 0.15) is 18.1 Å². The Balaban J connectivity index is 1.69. The molecule has 2 aromatic rings. The van der Waals surface area contributed by atoms with Crippen LogP contribution in [0.1, 0.15) is 0 Å². The van der Waals surface area contributed by atoms with Crippen LogP contribution in [0.4, 0.5) is 10.5 Å². The summed E-state index contributed by atoms with van der Waals surface area (Å²) in [6.45, 7) is 0.493.